The zero-order chi connectivity index (χ0) is 28.5. The predicted octanol–water partition coefficient (Wildman–Crippen LogP) is 6.48. The van der Waals surface area contributed by atoms with E-state index >= 15 is 0 Å². The third kappa shape index (κ3) is 4.87. The molecule has 1 aliphatic carbocycles. The van der Waals surface area contributed by atoms with Crippen LogP contribution in [0.4, 0.5) is 11.4 Å². The third-order valence-electron chi connectivity index (χ3n) is 8.31. The fraction of sp³-hybridized carbons (Fsp3) is 0.200. The van der Waals surface area contributed by atoms with Gasteiger partial charge in [-0.3, -0.25) is 4.79 Å². The SMILES string of the molecule is [C-]#[N+]c1ccc(-c2cc3c(o2)C(=O)C(Cc2ccccc2-c2cncnc2)c2ccc(N4CCNCC4)cc2C3)cc1. The highest BCUT2D eigenvalue weighted by Gasteiger charge is 2.34. The van der Waals surface area contributed by atoms with Gasteiger partial charge in [-0.2, -0.15) is 0 Å². The van der Waals surface area contributed by atoms with Gasteiger partial charge in [-0.1, -0.05) is 54.6 Å². The molecule has 1 saturated heterocycles. The monoisotopic (exact) mass is 551 g/mol. The van der Waals surface area contributed by atoms with Crippen LogP contribution in [0, 0.1) is 6.57 Å². The molecule has 0 spiro atoms. The number of nitrogens with one attached hydrogen (secondary N) is 1. The van der Waals surface area contributed by atoms with Crippen LogP contribution in [0.2, 0.25) is 0 Å². The maximum Gasteiger partial charge on any atom is 0.206 e. The predicted molar refractivity (Wildman–Crippen MR) is 163 cm³/mol. The summed E-state index contributed by atoms with van der Waals surface area (Å²) in [6, 6.07) is 24.1. The van der Waals surface area contributed by atoms with E-state index in [9.17, 15) is 4.79 Å². The Morgan fingerprint density at radius 1 is 0.929 bits per heavy atom. The minimum absolute atomic E-state index is 0.0122. The number of aromatic nitrogens is 2. The van der Waals surface area contributed by atoms with Crippen molar-refractivity contribution in [2.24, 2.45) is 0 Å². The molecule has 7 nitrogen and oxygen atoms in total. The van der Waals surface area contributed by atoms with Crippen molar-refractivity contribution in [2.75, 3.05) is 31.1 Å². The van der Waals surface area contributed by atoms with Gasteiger partial charge in [-0.15, -0.1) is 0 Å². The molecule has 0 bridgehead atoms. The average Bonchev–Trinajstić information content (AvgIpc) is 3.44. The lowest BCUT2D eigenvalue weighted by molar-refractivity contribution is 0.0932. The maximum atomic E-state index is 14.4. The summed E-state index contributed by atoms with van der Waals surface area (Å²) in [5, 5.41) is 3.43. The number of ketones is 1. The Kier molecular flexibility index (Phi) is 6.82. The zero-order valence-corrected chi connectivity index (χ0v) is 23.1. The summed E-state index contributed by atoms with van der Waals surface area (Å²) >= 11 is 0. The molecule has 2 aliphatic rings. The van der Waals surface area contributed by atoms with E-state index in [4.69, 9.17) is 11.0 Å². The van der Waals surface area contributed by atoms with Gasteiger partial charge in [0.1, 0.15) is 12.1 Å². The number of piperazine rings is 1. The maximum absolute atomic E-state index is 14.4. The lowest BCUT2D eigenvalue weighted by Crippen LogP contribution is -2.43. The van der Waals surface area contributed by atoms with Gasteiger partial charge in [0.2, 0.25) is 5.78 Å². The van der Waals surface area contributed by atoms with Gasteiger partial charge in [0.25, 0.3) is 0 Å². The number of benzene rings is 3. The minimum atomic E-state index is -0.410. The van der Waals surface area contributed by atoms with Gasteiger partial charge < -0.3 is 14.6 Å². The van der Waals surface area contributed by atoms with Crippen LogP contribution >= 0.6 is 0 Å². The van der Waals surface area contributed by atoms with E-state index < -0.39 is 5.92 Å². The lowest BCUT2D eigenvalue weighted by Gasteiger charge is -2.30. The number of hydrogen-bond acceptors (Lipinski definition) is 6. The zero-order valence-electron chi connectivity index (χ0n) is 23.1. The highest BCUT2D eigenvalue weighted by molar-refractivity contribution is 6.02. The summed E-state index contributed by atoms with van der Waals surface area (Å²) in [5.74, 6) is 0.645. The molecule has 42 heavy (non-hydrogen) atoms. The van der Waals surface area contributed by atoms with E-state index in [-0.39, 0.29) is 5.78 Å². The number of anilines is 1. The number of rotatable bonds is 5. The first-order valence-corrected chi connectivity index (χ1v) is 14.2. The number of Topliss-reactive ketones (excluding diaryl/α,β-unsaturated/α-hetero) is 1. The van der Waals surface area contributed by atoms with Crippen LogP contribution in [0.15, 0.2) is 95.9 Å². The molecule has 2 aromatic heterocycles. The quantitative estimate of drug-likeness (QED) is 0.252. The van der Waals surface area contributed by atoms with Crippen molar-refractivity contribution >= 4 is 17.2 Å². The summed E-state index contributed by atoms with van der Waals surface area (Å²) < 4.78 is 6.35. The van der Waals surface area contributed by atoms with Gasteiger partial charge in [0.15, 0.2) is 11.4 Å². The summed E-state index contributed by atoms with van der Waals surface area (Å²) in [5.41, 5.74) is 8.71. The second-order valence-electron chi connectivity index (χ2n) is 10.8. The van der Waals surface area contributed by atoms with Crippen molar-refractivity contribution in [1.29, 1.82) is 0 Å². The molecule has 1 unspecified atom stereocenters. The molecule has 3 aromatic carbocycles. The third-order valence-corrected chi connectivity index (χ3v) is 8.31. The molecule has 1 aliphatic heterocycles. The van der Waals surface area contributed by atoms with E-state index in [1.807, 2.05) is 42.7 Å². The van der Waals surface area contributed by atoms with Crippen molar-refractivity contribution in [3.05, 3.63) is 131 Å². The molecule has 206 valence electrons. The summed E-state index contributed by atoms with van der Waals surface area (Å²) in [6.45, 7) is 11.1. The Labute approximate surface area is 244 Å². The Bertz CT molecular complexity index is 1800. The Morgan fingerprint density at radius 3 is 2.50 bits per heavy atom. The minimum Gasteiger partial charge on any atom is -0.453 e. The molecule has 0 saturated carbocycles. The second kappa shape index (κ2) is 11.1. The van der Waals surface area contributed by atoms with E-state index in [2.05, 4.69) is 55.4 Å². The summed E-state index contributed by atoms with van der Waals surface area (Å²) in [6.07, 6.45) is 6.29. The van der Waals surface area contributed by atoms with E-state index in [0.29, 0.717) is 30.0 Å². The van der Waals surface area contributed by atoms with Crippen LogP contribution in [-0.4, -0.2) is 41.9 Å². The molecule has 5 aromatic rings. The van der Waals surface area contributed by atoms with Crippen LogP contribution < -0.4 is 10.2 Å². The van der Waals surface area contributed by atoms with Gasteiger partial charge >= 0.3 is 0 Å². The topological polar surface area (TPSA) is 75.6 Å². The molecule has 1 fully saturated rings. The number of carbonyl (C=O) groups excluding carboxylic acids is 1. The van der Waals surface area contributed by atoms with Gasteiger partial charge in [-0.25, -0.2) is 14.8 Å². The van der Waals surface area contributed by atoms with Gasteiger partial charge in [-0.05, 0) is 46.9 Å². The Hall–Kier alpha value is -5.06. The molecular weight excluding hydrogens is 522 g/mol. The van der Waals surface area contributed by atoms with Crippen LogP contribution in [0.3, 0.4) is 0 Å². The van der Waals surface area contributed by atoms with Crippen LogP contribution in [0.25, 0.3) is 27.3 Å². The van der Waals surface area contributed by atoms with Gasteiger partial charge in [0, 0.05) is 67.4 Å². The molecule has 3 heterocycles. The first kappa shape index (κ1) is 25.9. The number of fused-ring (bicyclic) bond motifs is 2. The summed E-state index contributed by atoms with van der Waals surface area (Å²) in [7, 11) is 0. The van der Waals surface area contributed by atoms with Crippen molar-refractivity contribution in [2.45, 2.75) is 18.8 Å². The van der Waals surface area contributed by atoms with Crippen molar-refractivity contribution in [1.82, 2.24) is 15.3 Å². The van der Waals surface area contributed by atoms with Crippen molar-refractivity contribution in [3.63, 3.8) is 0 Å². The molecule has 0 amide bonds. The highest BCUT2D eigenvalue weighted by atomic mass is 16.3. The lowest BCUT2D eigenvalue weighted by atomic mass is 9.84. The van der Waals surface area contributed by atoms with E-state index in [1.165, 1.54) is 12.0 Å². The number of carbonyl (C=O) groups is 1. The van der Waals surface area contributed by atoms with Crippen LogP contribution in [0.5, 0.6) is 0 Å². The number of furan rings is 1. The van der Waals surface area contributed by atoms with Crippen molar-refractivity contribution in [3.8, 4) is 22.5 Å². The molecular formula is C35H29N5O2. The van der Waals surface area contributed by atoms with Gasteiger partial charge in [0.05, 0.1) is 12.5 Å². The molecule has 7 heteroatoms. The fourth-order valence-electron chi connectivity index (χ4n) is 6.16. The molecule has 0 radical (unpaired) electrons. The highest BCUT2D eigenvalue weighted by Crippen LogP contribution is 2.40. The van der Waals surface area contributed by atoms with Crippen molar-refractivity contribution < 1.29 is 9.21 Å². The average molecular weight is 552 g/mol. The largest absolute Gasteiger partial charge is 0.453 e. The Balaban J connectivity index is 1.33. The van der Waals surface area contributed by atoms with Crippen LogP contribution in [0.1, 0.15) is 38.7 Å². The van der Waals surface area contributed by atoms with Crippen LogP contribution in [-0.2, 0) is 12.8 Å². The molecule has 1 atom stereocenters. The normalized spacial score (nSPS) is 16.3. The standard InChI is InChI=1S/C35H29N5O2/c1-36-28-8-6-23(7-9-28)33-19-26-16-25-17-29(40-14-12-37-13-15-40)10-11-31(25)32(34(41)35(26)42-33)18-24-4-2-3-5-30(24)27-20-38-22-39-21-27/h2-11,17,19-22,32,37H,12-16,18H2. The molecule has 7 rings (SSSR count). The smallest absolute Gasteiger partial charge is 0.206 e. The first-order valence-electron chi connectivity index (χ1n) is 14.2. The van der Waals surface area contributed by atoms with E-state index in [1.54, 1.807) is 12.1 Å². The van der Waals surface area contributed by atoms with E-state index in [0.717, 1.165) is 65.1 Å². The number of hydrogen-bond donors (Lipinski definition) is 1. The summed E-state index contributed by atoms with van der Waals surface area (Å²) in [4.78, 5) is 28.8. The molecule has 1 N–H and O–H groups in total. The Morgan fingerprint density at radius 2 is 1.71 bits per heavy atom. The number of nitrogens with zero attached hydrogens (tertiary/aromatic N) is 4. The second-order valence-corrected chi connectivity index (χ2v) is 10.8. The fourth-order valence-corrected chi connectivity index (χ4v) is 6.16. The first-order chi connectivity index (χ1) is 20.7.